The summed E-state index contributed by atoms with van der Waals surface area (Å²) in [6.07, 6.45) is 1.39. The highest BCUT2D eigenvalue weighted by Gasteiger charge is 2.13. The third-order valence-electron chi connectivity index (χ3n) is 3.23. The van der Waals surface area contributed by atoms with Gasteiger partial charge in [0.25, 0.3) is 5.56 Å². The van der Waals surface area contributed by atoms with Crippen LogP contribution in [0.2, 0.25) is 0 Å². The number of rotatable bonds is 3. The summed E-state index contributed by atoms with van der Waals surface area (Å²) in [7, 11) is 1.29. The Morgan fingerprint density at radius 3 is 2.77 bits per heavy atom. The molecule has 0 amide bonds. The number of halogens is 1. The molecule has 3 aromatic rings. The Kier molecular flexibility index (Phi) is 4.08. The number of esters is 1. The maximum Gasteiger partial charge on any atom is 0.325 e. The summed E-state index contributed by atoms with van der Waals surface area (Å²) >= 11 is 4.73. The molecule has 0 aliphatic heterocycles. The average Bonchev–Trinajstić information content (AvgIpc) is 2.95. The molecule has 0 atom stereocenters. The fourth-order valence-corrected chi connectivity index (χ4v) is 3.33. The van der Waals surface area contributed by atoms with Gasteiger partial charge in [0.05, 0.1) is 19.0 Å². The molecule has 0 unspecified atom stereocenters. The van der Waals surface area contributed by atoms with Crippen LogP contribution in [0.4, 0.5) is 0 Å². The SMILES string of the molecule is COC(=O)Cn1cnc2c(-c3ccc(Br)cc3)csc2c1=O. The molecule has 1 aromatic carbocycles. The van der Waals surface area contributed by atoms with Crippen molar-refractivity contribution in [1.82, 2.24) is 9.55 Å². The van der Waals surface area contributed by atoms with E-state index in [2.05, 4.69) is 25.7 Å². The average molecular weight is 379 g/mol. The van der Waals surface area contributed by atoms with Crippen LogP contribution in [-0.4, -0.2) is 22.6 Å². The van der Waals surface area contributed by atoms with Gasteiger partial charge in [-0.3, -0.25) is 14.2 Å². The molecule has 0 fully saturated rings. The first-order valence-corrected chi connectivity index (χ1v) is 8.07. The molecule has 7 heteroatoms. The Bertz CT molecular complexity index is 899. The number of hydrogen-bond acceptors (Lipinski definition) is 5. The number of thiophene rings is 1. The molecule has 0 aliphatic rings. The topological polar surface area (TPSA) is 61.2 Å². The molecule has 2 aromatic heterocycles. The van der Waals surface area contributed by atoms with E-state index in [4.69, 9.17) is 0 Å². The van der Waals surface area contributed by atoms with Gasteiger partial charge in [0.15, 0.2) is 0 Å². The van der Waals surface area contributed by atoms with Crippen molar-refractivity contribution in [2.45, 2.75) is 6.54 Å². The zero-order chi connectivity index (χ0) is 15.7. The molecule has 5 nitrogen and oxygen atoms in total. The summed E-state index contributed by atoms with van der Waals surface area (Å²) in [4.78, 5) is 28.1. The summed E-state index contributed by atoms with van der Waals surface area (Å²) in [5.74, 6) is -0.479. The van der Waals surface area contributed by atoms with Gasteiger partial charge in [-0.15, -0.1) is 11.3 Å². The molecule has 2 heterocycles. The van der Waals surface area contributed by atoms with E-state index in [0.717, 1.165) is 15.6 Å². The molecule has 0 aliphatic carbocycles. The molecule has 0 bridgehead atoms. The van der Waals surface area contributed by atoms with Gasteiger partial charge in [0.2, 0.25) is 0 Å². The third kappa shape index (κ3) is 2.69. The van der Waals surface area contributed by atoms with E-state index in [-0.39, 0.29) is 12.1 Å². The van der Waals surface area contributed by atoms with Gasteiger partial charge in [-0.25, -0.2) is 4.98 Å². The zero-order valence-corrected chi connectivity index (χ0v) is 14.0. The van der Waals surface area contributed by atoms with Gasteiger partial charge in [-0.2, -0.15) is 0 Å². The van der Waals surface area contributed by atoms with E-state index in [0.29, 0.717) is 10.2 Å². The fraction of sp³-hybridized carbons (Fsp3) is 0.133. The number of nitrogens with zero attached hydrogens (tertiary/aromatic N) is 2. The lowest BCUT2D eigenvalue weighted by atomic mass is 10.1. The molecule has 22 heavy (non-hydrogen) atoms. The van der Waals surface area contributed by atoms with E-state index >= 15 is 0 Å². The smallest absolute Gasteiger partial charge is 0.325 e. The van der Waals surface area contributed by atoms with Crippen molar-refractivity contribution >= 4 is 43.5 Å². The first-order valence-electron chi connectivity index (χ1n) is 6.39. The van der Waals surface area contributed by atoms with Crippen LogP contribution in [0.25, 0.3) is 21.3 Å². The third-order valence-corrected chi connectivity index (χ3v) is 4.71. The van der Waals surface area contributed by atoms with Crippen molar-refractivity contribution < 1.29 is 9.53 Å². The van der Waals surface area contributed by atoms with E-state index < -0.39 is 5.97 Å². The Morgan fingerprint density at radius 2 is 2.09 bits per heavy atom. The Labute approximate surface area is 138 Å². The summed E-state index contributed by atoms with van der Waals surface area (Å²) in [6.45, 7) is -0.135. The number of ether oxygens (including phenoxy) is 1. The van der Waals surface area contributed by atoms with Crippen LogP contribution in [0.1, 0.15) is 0 Å². The van der Waals surface area contributed by atoms with Crippen LogP contribution in [0.5, 0.6) is 0 Å². The van der Waals surface area contributed by atoms with Crippen molar-refractivity contribution in [1.29, 1.82) is 0 Å². The number of carbonyl (C=O) groups excluding carboxylic acids is 1. The van der Waals surface area contributed by atoms with Crippen LogP contribution >= 0.6 is 27.3 Å². The quantitative estimate of drug-likeness (QED) is 0.657. The summed E-state index contributed by atoms with van der Waals surface area (Å²) in [5, 5.41) is 1.91. The summed E-state index contributed by atoms with van der Waals surface area (Å²) in [6, 6.07) is 7.81. The second kappa shape index (κ2) is 6.02. The first-order chi connectivity index (χ1) is 10.6. The van der Waals surface area contributed by atoms with Gasteiger partial charge in [0.1, 0.15) is 11.2 Å². The molecule has 0 saturated heterocycles. The molecular weight excluding hydrogens is 368 g/mol. The fourth-order valence-electron chi connectivity index (χ4n) is 2.09. The second-order valence-electron chi connectivity index (χ2n) is 4.59. The van der Waals surface area contributed by atoms with Crippen molar-refractivity contribution in [3.8, 4) is 11.1 Å². The second-order valence-corrected chi connectivity index (χ2v) is 6.38. The molecule has 3 rings (SSSR count). The summed E-state index contributed by atoms with van der Waals surface area (Å²) < 4.78 is 7.36. The number of benzene rings is 1. The number of hydrogen-bond donors (Lipinski definition) is 0. The van der Waals surface area contributed by atoms with E-state index in [1.54, 1.807) is 0 Å². The highest BCUT2D eigenvalue weighted by atomic mass is 79.9. The standard InChI is InChI=1S/C15H11BrN2O3S/c1-21-12(19)6-18-8-17-13-11(7-22-14(13)15(18)20)9-2-4-10(16)5-3-9/h2-5,7-8H,6H2,1H3. The lowest BCUT2D eigenvalue weighted by Gasteiger charge is -2.04. The van der Waals surface area contributed by atoms with Gasteiger partial charge in [-0.05, 0) is 17.7 Å². The number of aromatic nitrogens is 2. The lowest BCUT2D eigenvalue weighted by molar-refractivity contribution is -0.141. The van der Waals surface area contributed by atoms with Gasteiger partial charge >= 0.3 is 5.97 Å². The summed E-state index contributed by atoms with van der Waals surface area (Å²) in [5.41, 5.74) is 2.32. The molecule has 0 radical (unpaired) electrons. The van der Waals surface area contributed by atoms with Crippen LogP contribution < -0.4 is 5.56 Å². The first kappa shape index (κ1) is 14.9. The number of fused-ring (bicyclic) bond motifs is 1. The van der Waals surface area contributed by atoms with E-state index in [9.17, 15) is 9.59 Å². The molecule has 0 spiro atoms. The van der Waals surface area contributed by atoms with E-state index in [1.807, 2.05) is 29.6 Å². The zero-order valence-electron chi connectivity index (χ0n) is 11.6. The van der Waals surface area contributed by atoms with Crippen molar-refractivity contribution in [2.75, 3.05) is 7.11 Å². The monoisotopic (exact) mass is 378 g/mol. The molecular formula is C15H11BrN2O3S. The molecule has 0 saturated carbocycles. The Morgan fingerprint density at radius 1 is 1.36 bits per heavy atom. The van der Waals surface area contributed by atoms with Crippen molar-refractivity contribution in [3.63, 3.8) is 0 Å². The largest absolute Gasteiger partial charge is 0.468 e. The maximum atomic E-state index is 12.4. The van der Waals surface area contributed by atoms with Crippen molar-refractivity contribution in [3.05, 3.63) is 50.8 Å². The lowest BCUT2D eigenvalue weighted by Crippen LogP contribution is -2.24. The van der Waals surface area contributed by atoms with Crippen LogP contribution in [0.15, 0.2) is 45.2 Å². The van der Waals surface area contributed by atoms with Crippen LogP contribution in [0, 0.1) is 0 Å². The van der Waals surface area contributed by atoms with Gasteiger partial charge in [0, 0.05) is 15.4 Å². The highest BCUT2D eigenvalue weighted by Crippen LogP contribution is 2.31. The molecule has 0 N–H and O–H groups in total. The Balaban J connectivity index is 2.09. The minimum absolute atomic E-state index is 0.135. The number of carbonyl (C=O) groups is 1. The van der Waals surface area contributed by atoms with Gasteiger partial charge < -0.3 is 4.74 Å². The number of methoxy groups -OCH3 is 1. The maximum absolute atomic E-state index is 12.4. The van der Waals surface area contributed by atoms with Crippen molar-refractivity contribution in [2.24, 2.45) is 0 Å². The van der Waals surface area contributed by atoms with Crippen LogP contribution in [0.3, 0.4) is 0 Å². The predicted molar refractivity (Wildman–Crippen MR) is 89.0 cm³/mol. The normalized spacial score (nSPS) is 10.8. The molecule has 112 valence electrons. The van der Waals surface area contributed by atoms with E-state index in [1.165, 1.54) is 29.3 Å². The predicted octanol–water partition coefficient (Wildman–Crippen LogP) is 3.06. The minimum atomic E-state index is -0.479. The highest BCUT2D eigenvalue weighted by molar-refractivity contribution is 9.10. The van der Waals surface area contributed by atoms with Crippen LogP contribution in [-0.2, 0) is 16.1 Å². The van der Waals surface area contributed by atoms with Gasteiger partial charge in [-0.1, -0.05) is 28.1 Å². The minimum Gasteiger partial charge on any atom is -0.468 e. The Hall–Kier alpha value is -1.99.